The smallest absolute Gasteiger partial charge is 0.328 e. The van der Waals surface area contributed by atoms with Crippen LogP contribution in [-0.4, -0.2) is 222 Å². The highest BCUT2D eigenvalue weighted by atomic mass is 33.1. The van der Waals surface area contributed by atoms with Gasteiger partial charge >= 0.3 is 17.9 Å². The predicted octanol–water partition coefficient (Wildman–Crippen LogP) is -0.173. The SMILES string of the molecule is C=C(C)[C@@H]1NC(=O)[C@H](CC(C)C)NC(=O)[C@H](CCC(=O)O)NC(=O)CNC(=O)[C@H](CC(C)C)NC(=O)[C@H](Cc2cccc(C)c2)NC(=O)[C@H](Cc2c[nH]c3ccccc23)NC(=O)[C@H](C)NC(=O)[C@@H](NC(=O)[C@H](CC(=O)O)NC(C)=O)CSSC[C@@H](C(=O)N[C@H](C(=O)O)[C@@H](C)O)NC(=O)[C@H](Cc2c[nH]c3ccccc23)NC1=O. The number of aliphatic hydroxyl groups is 1. The van der Waals surface area contributed by atoms with Crippen LogP contribution in [-0.2, 0) is 96.0 Å². The van der Waals surface area contributed by atoms with E-state index in [2.05, 4.69) is 85.7 Å². The summed E-state index contributed by atoms with van der Waals surface area (Å²) in [5.74, 6) is -19.8. The summed E-state index contributed by atoms with van der Waals surface area (Å²) in [6.07, 6.45) is -1.81. The number of nitrogens with one attached hydrogen (secondary N) is 15. The number of aliphatic hydroxyl groups excluding tert-OH is 1. The molecule has 6 rings (SSSR count). The van der Waals surface area contributed by atoms with Gasteiger partial charge < -0.3 is 99.5 Å². The van der Waals surface area contributed by atoms with Gasteiger partial charge in [-0.1, -0.05) is 122 Å². The van der Waals surface area contributed by atoms with Gasteiger partial charge in [0.15, 0.2) is 6.04 Å². The second-order valence-electron chi connectivity index (χ2n) is 28.3. The zero-order valence-electron chi connectivity index (χ0n) is 63.4. The van der Waals surface area contributed by atoms with Crippen molar-refractivity contribution in [2.45, 2.75) is 192 Å². The van der Waals surface area contributed by atoms with Crippen molar-refractivity contribution in [3.8, 4) is 0 Å². The number of aromatic nitrogens is 2. The minimum atomic E-state index is -1.98. The van der Waals surface area contributed by atoms with Crippen molar-refractivity contribution in [1.29, 1.82) is 0 Å². The van der Waals surface area contributed by atoms with Gasteiger partial charge in [0.25, 0.3) is 0 Å². The number of amides is 13. The first-order valence-corrected chi connectivity index (χ1v) is 38.6. The Hall–Kier alpha value is -11.3. The summed E-state index contributed by atoms with van der Waals surface area (Å²) in [4.78, 5) is 230. The fourth-order valence-corrected chi connectivity index (χ4v) is 14.4. The number of carboxylic acid groups (broad SMARTS) is 3. The van der Waals surface area contributed by atoms with E-state index in [0.29, 0.717) is 38.5 Å². The zero-order chi connectivity index (χ0) is 82.8. The number of aliphatic carboxylic acids is 3. The molecule has 13 amide bonds. The van der Waals surface area contributed by atoms with Crippen molar-refractivity contribution in [1.82, 2.24) is 79.1 Å². The van der Waals surface area contributed by atoms with E-state index in [1.165, 1.54) is 13.8 Å². The van der Waals surface area contributed by atoms with Gasteiger partial charge in [0.1, 0.15) is 66.5 Å². The van der Waals surface area contributed by atoms with Gasteiger partial charge in [-0.3, -0.25) is 71.9 Å². The molecule has 2 aromatic heterocycles. The summed E-state index contributed by atoms with van der Waals surface area (Å²) >= 11 is 0. The van der Waals surface area contributed by atoms with Crippen molar-refractivity contribution in [2.24, 2.45) is 11.8 Å². The third-order valence-electron chi connectivity index (χ3n) is 17.8. The Kier molecular flexibility index (Phi) is 34.2. The number of hydrogen-bond donors (Lipinski definition) is 19. The third kappa shape index (κ3) is 27.9. The number of carboxylic acids is 3. The fourth-order valence-electron chi connectivity index (χ4n) is 12.0. The number of benzene rings is 3. The summed E-state index contributed by atoms with van der Waals surface area (Å²) in [5, 5.41) is 73.9. The molecule has 0 unspecified atom stereocenters. The number of aryl methyl sites for hydroxylation is 1. The lowest BCUT2D eigenvalue weighted by Gasteiger charge is -2.28. The molecule has 37 heteroatoms. The molecule has 0 bridgehead atoms. The highest BCUT2D eigenvalue weighted by Crippen LogP contribution is 2.26. The largest absolute Gasteiger partial charge is 0.481 e. The van der Waals surface area contributed by atoms with Crippen LogP contribution >= 0.6 is 21.6 Å². The molecule has 0 aliphatic carbocycles. The molecule has 19 N–H and O–H groups in total. The first-order chi connectivity index (χ1) is 52.9. The van der Waals surface area contributed by atoms with Crippen LogP contribution in [0.25, 0.3) is 21.8 Å². The topological polar surface area (TPSA) is 542 Å². The Morgan fingerprint density at radius 3 is 1.59 bits per heavy atom. The van der Waals surface area contributed by atoms with E-state index >= 15 is 9.59 Å². The van der Waals surface area contributed by atoms with Crippen LogP contribution in [0.5, 0.6) is 0 Å². The highest BCUT2D eigenvalue weighted by Gasteiger charge is 2.39. The molecule has 5 aromatic rings. The number of hydrogen-bond acceptors (Lipinski definition) is 19. The van der Waals surface area contributed by atoms with Crippen molar-refractivity contribution in [3.63, 3.8) is 0 Å². The summed E-state index contributed by atoms with van der Waals surface area (Å²) in [5.41, 5.74) is 3.44. The molecule has 3 heterocycles. The molecule has 35 nitrogen and oxygen atoms in total. The van der Waals surface area contributed by atoms with Crippen LogP contribution in [0, 0.1) is 18.8 Å². The van der Waals surface area contributed by atoms with E-state index < -0.39 is 211 Å². The first kappa shape index (κ1) is 89.6. The normalized spacial score (nSPS) is 22.5. The van der Waals surface area contributed by atoms with Crippen LogP contribution in [0.2, 0.25) is 0 Å². The number of aromatic amines is 2. The lowest BCUT2D eigenvalue weighted by atomic mass is 9.99. The van der Waals surface area contributed by atoms with E-state index in [1.807, 2.05) is 0 Å². The van der Waals surface area contributed by atoms with Gasteiger partial charge in [-0.2, -0.15) is 0 Å². The summed E-state index contributed by atoms with van der Waals surface area (Å²) < 4.78 is 0. The van der Waals surface area contributed by atoms with Gasteiger partial charge in [-0.25, -0.2) is 4.79 Å². The van der Waals surface area contributed by atoms with E-state index in [-0.39, 0.29) is 49.5 Å². The van der Waals surface area contributed by atoms with Gasteiger partial charge in [-0.05, 0) is 93.2 Å². The summed E-state index contributed by atoms with van der Waals surface area (Å²) in [7, 11) is 1.48. The molecular weight excluding hydrogens is 1500 g/mol. The van der Waals surface area contributed by atoms with Crippen molar-refractivity contribution in [3.05, 3.63) is 120 Å². The number of rotatable bonds is 23. The maximum absolute atomic E-state index is 15.1. The van der Waals surface area contributed by atoms with Crippen LogP contribution in [0.15, 0.2) is 97.3 Å². The Bertz CT molecular complexity index is 4280. The van der Waals surface area contributed by atoms with Gasteiger partial charge in [-0.15, -0.1) is 0 Å². The molecule has 3 aromatic carbocycles. The molecule has 112 heavy (non-hydrogen) atoms. The Labute approximate surface area is 653 Å². The van der Waals surface area contributed by atoms with Crippen LogP contribution in [0.4, 0.5) is 0 Å². The van der Waals surface area contributed by atoms with Crippen LogP contribution in [0.3, 0.4) is 0 Å². The maximum Gasteiger partial charge on any atom is 0.328 e. The van der Waals surface area contributed by atoms with Gasteiger partial charge in [0.2, 0.25) is 76.8 Å². The average molecular weight is 1590 g/mol. The van der Waals surface area contributed by atoms with Crippen LogP contribution in [0.1, 0.15) is 110 Å². The second kappa shape index (κ2) is 42.7. The lowest BCUT2D eigenvalue weighted by molar-refractivity contribution is -0.145. The molecule has 0 spiro atoms. The monoisotopic (exact) mass is 1590 g/mol. The summed E-state index contributed by atoms with van der Waals surface area (Å²) in [6, 6.07) is 0.679. The molecule has 1 fully saturated rings. The Balaban J connectivity index is 1.47. The zero-order valence-corrected chi connectivity index (χ0v) is 65.0. The quantitative estimate of drug-likeness (QED) is 0.0298. The summed E-state index contributed by atoms with van der Waals surface area (Å²) in [6.45, 7) is 16.4. The molecule has 606 valence electrons. The molecule has 13 atom stereocenters. The molecule has 0 saturated carbocycles. The van der Waals surface area contributed by atoms with Crippen LogP contribution < -0.4 is 69.1 Å². The average Bonchev–Trinajstić information content (AvgIpc) is 1.65. The highest BCUT2D eigenvalue weighted by molar-refractivity contribution is 8.76. The van der Waals surface area contributed by atoms with Crippen molar-refractivity contribution < 1.29 is 97.1 Å². The number of para-hydroxylation sites is 2. The number of H-pyrrole nitrogens is 2. The Morgan fingerprint density at radius 2 is 1.06 bits per heavy atom. The molecule has 0 radical (unpaired) electrons. The van der Waals surface area contributed by atoms with E-state index in [9.17, 15) is 87.5 Å². The fraction of sp³-hybridized carbons (Fsp3) is 0.467. The standard InChI is InChI=1S/C75H99N15O20S2/c1-36(2)24-51-65(99)78-33-59(93)81-50(22-23-60(94)95)66(100)84-52(25-37(3)4)71(105)89-62(38(5)6)74(108)86-55(29-45-32-77-49-21-14-12-19-47(45)49)69(103)88-58(73(107)90-63(41(9)91)75(109)110)35-112-111-34-57(87-70(104)56(30-61(96)97)80-42(10)92)72(106)79-40(8)64(98)82-54(28-44-31-76-48-20-13-11-18-46(44)48)68(102)85-53(67(101)83-51)27-43-17-15-16-39(7)26-43/h11-21,26,31-32,36-37,40-41,50-58,62-63,76-77,91H,5,22-25,27-30,33-35H2,1-4,6-10H3,(H,78,99)(H,79,106)(H,80,92)(H,81,93)(H,82,98)(H,83,101)(H,84,100)(H,85,102)(H,86,108)(H,87,104)(H,88,103)(H,89,105)(H,90,107)(H,94,95)(H,96,97)(H,109,110)/t40-,41+,50-,51-,52-,53-,54-,55-,56-,57-,58-,62-,63-/m0/s1. The molecule has 1 saturated heterocycles. The van der Waals surface area contributed by atoms with E-state index in [4.69, 9.17) is 0 Å². The first-order valence-electron chi connectivity index (χ1n) is 36.2. The number of carbonyl (C=O) groups is 16. The lowest BCUT2D eigenvalue weighted by Crippen LogP contribution is -2.61. The Morgan fingerprint density at radius 1 is 0.554 bits per heavy atom. The number of fused-ring (bicyclic) bond motifs is 2. The van der Waals surface area contributed by atoms with E-state index in [1.54, 1.807) is 120 Å². The number of carbonyl (C=O) groups excluding carboxylic acids is 13. The van der Waals surface area contributed by atoms with Crippen molar-refractivity contribution >= 4 is 138 Å². The van der Waals surface area contributed by atoms with Crippen molar-refractivity contribution in [2.75, 3.05) is 18.1 Å². The molecular formula is C75H99N15O20S2. The third-order valence-corrected chi connectivity index (χ3v) is 20.2. The minimum absolute atomic E-state index is 0.0222. The van der Waals surface area contributed by atoms with E-state index in [0.717, 1.165) is 41.0 Å². The molecule has 1 aliphatic heterocycles. The molecule has 1 aliphatic rings. The van der Waals surface area contributed by atoms with Gasteiger partial charge in [0, 0.05) is 78.3 Å². The minimum Gasteiger partial charge on any atom is -0.481 e. The maximum atomic E-state index is 15.1. The predicted molar refractivity (Wildman–Crippen MR) is 413 cm³/mol. The second-order valence-corrected chi connectivity index (χ2v) is 30.8. The van der Waals surface area contributed by atoms with Gasteiger partial charge in [0.05, 0.1) is 19.1 Å².